The van der Waals surface area contributed by atoms with Crippen LogP contribution in [0.1, 0.15) is 18.4 Å². The van der Waals surface area contributed by atoms with Crippen LogP contribution in [0.4, 0.5) is 0 Å². The van der Waals surface area contributed by atoms with Gasteiger partial charge in [0, 0.05) is 28.5 Å². The predicted molar refractivity (Wildman–Crippen MR) is 83.4 cm³/mol. The van der Waals surface area contributed by atoms with Gasteiger partial charge in [-0.05, 0) is 43.5 Å². The van der Waals surface area contributed by atoms with Gasteiger partial charge in [0.1, 0.15) is 0 Å². The number of carbonyl (C=O) groups excluding carboxylic acids is 1. The molecule has 1 aliphatic rings. The summed E-state index contributed by atoms with van der Waals surface area (Å²) < 4.78 is 1.07. The van der Waals surface area contributed by atoms with Crippen molar-refractivity contribution < 1.29 is 4.79 Å². The third-order valence-electron chi connectivity index (χ3n) is 3.30. The maximum Gasteiger partial charge on any atom is 0.232 e. The molecule has 0 bridgehead atoms. The van der Waals surface area contributed by atoms with E-state index in [1.165, 1.54) is 5.56 Å². The number of rotatable bonds is 3. The maximum absolute atomic E-state index is 12.1. The summed E-state index contributed by atoms with van der Waals surface area (Å²) in [5, 5.41) is 0. The minimum Gasteiger partial charge on any atom is -0.340 e. The lowest BCUT2D eigenvalue weighted by atomic mass is 10.1. The van der Waals surface area contributed by atoms with Gasteiger partial charge in [-0.2, -0.15) is 0 Å². The molecule has 1 heterocycles. The molecular weight excluding hydrogens is 324 g/mol. The Balaban J connectivity index is 1.89. The molecule has 1 saturated heterocycles. The number of likely N-dealkylation sites (tertiary alicyclic amines) is 1. The quantitative estimate of drug-likeness (QED) is 0.859. The fourth-order valence-electron chi connectivity index (χ4n) is 2.24. The highest BCUT2D eigenvalue weighted by Gasteiger charge is 2.21. The third kappa shape index (κ3) is 4.23. The highest BCUT2D eigenvalue weighted by molar-refractivity contribution is 9.10. The summed E-state index contributed by atoms with van der Waals surface area (Å²) >= 11 is 5.05. The van der Waals surface area contributed by atoms with Crippen LogP contribution in [0.5, 0.6) is 0 Å². The summed E-state index contributed by atoms with van der Waals surface area (Å²) in [6.45, 7) is 3.62. The van der Waals surface area contributed by atoms with Crippen LogP contribution in [-0.4, -0.2) is 35.7 Å². The maximum atomic E-state index is 12.1. The van der Waals surface area contributed by atoms with E-state index in [2.05, 4.69) is 35.0 Å². The number of nitrogens with two attached hydrogens (primary N) is 1. The van der Waals surface area contributed by atoms with Crippen LogP contribution in [0.3, 0.4) is 0 Å². The van der Waals surface area contributed by atoms with Crippen molar-refractivity contribution in [2.24, 2.45) is 5.73 Å². The number of nitrogens with zero attached hydrogens (tertiary/aromatic N) is 1. The van der Waals surface area contributed by atoms with Crippen LogP contribution in [0.15, 0.2) is 27.6 Å². The molecule has 1 atom stereocenters. The minimum atomic E-state index is 0.150. The van der Waals surface area contributed by atoms with E-state index in [1.807, 2.05) is 11.0 Å². The SMILES string of the molecule is Cc1cc(Br)ccc1SCC(=O)N1CCCC(N)C1. The average Bonchev–Trinajstić information content (AvgIpc) is 2.37. The molecule has 1 unspecified atom stereocenters. The van der Waals surface area contributed by atoms with Crippen LogP contribution < -0.4 is 5.73 Å². The van der Waals surface area contributed by atoms with Crippen molar-refractivity contribution in [2.45, 2.75) is 30.7 Å². The monoisotopic (exact) mass is 342 g/mol. The number of thioether (sulfide) groups is 1. The lowest BCUT2D eigenvalue weighted by molar-refractivity contribution is -0.129. The highest BCUT2D eigenvalue weighted by atomic mass is 79.9. The van der Waals surface area contributed by atoms with Crippen LogP contribution >= 0.6 is 27.7 Å². The Bertz CT molecular complexity index is 467. The van der Waals surface area contributed by atoms with Crippen molar-refractivity contribution in [1.82, 2.24) is 4.90 Å². The lowest BCUT2D eigenvalue weighted by Crippen LogP contribution is -2.46. The Labute approximate surface area is 127 Å². The molecule has 0 aromatic heterocycles. The molecule has 1 amide bonds. The van der Waals surface area contributed by atoms with Crippen molar-refractivity contribution in [1.29, 1.82) is 0 Å². The van der Waals surface area contributed by atoms with Gasteiger partial charge in [0.2, 0.25) is 5.91 Å². The first-order valence-electron chi connectivity index (χ1n) is 6.48. The standard InChI is InChI=1S/C14H19BrN2OS/c1-10-7-11(15)4-5-13(10)19-9-14(18)17-6-2-3-12(16)8-17/h4-5,7,12H,2-3,6,8-9,16H2,1H3. The van der Waals surface area contributed by atoms with Gasteiger partial charge in [0.25, 0.3) is 0 Å². The summed E-state index contributed by atoms with van der Waals surface area (Å²) in [7, 11) is 0. The van der Waals surface area contributed by atoms with Gasteiger partial charge in [-0.1, -0.05) is 15.9 Å². The molecule has 1 aliphatic heterocycles. The zero-order valence-corrected chi connectivity index (χ0v) is 13.5. The Morgan fingerprint density at radius 3 is 3.05 bits per heavy atom. The van der Waals surface area contributed by atoms with E-state index in [4.69, 9.17) is 5.73 Å². The summed E-state index contributed by atoms with van der Waals surface area (Å²) in [6.07, 6.45) is 2.05. The fraction of sp³-hybridized carbons (Fsp3) is 0.500. The van der Waals surface area contributed by atoms with Crippen LogP contribution in [0.2, 0.25) is 0 Å². The normalized spacial score (nSPS) is 19.5. The zero-order chi connectivity index (χ0) is 13.8. The van der Waals surface area contributed by atoms with Crippen molar-refractivity contribution >= 4 is 33.6 Å². The molecule has 1 fully saturated rings. The first kappa shape index (κ1) is 14.9. The van der Waals surface area contributed by atoms with Gasteiger partial charge in [-0.3, -0.25) is 4.79 Å². The molecule has 2 rings (SSSR count). The summed E-state index contributed by atoms with van der Waals surface area (Å²) in [5.74, 6) is 0.692. The average molecular weight is 343 g/mol. The van der Waals surface area contributed by atoms with E-state index in [0.29, 0.717) is 12.3 Å². The van der Waals surface area contributed by atoms with Crippen LogP contribution in [-0.2, 0) is 4.79 Å². The van der Waals surface area contributed by atoms with Gasteiger partial charge in [0.05, 0.1) is 5.75 Å². The Morgan fingerprint density at radius 1 is 1.58 bits per heavy atom. The molecular formula is C14H19BrN2OS. The second-order valence-electron chi connectivity index (χ2n) is 4.94. The number of halogens is 1. The molecule has 0 saturated carbocycles. The Kier molecular flexibility index (Phi) is 5.30. The second-order valence-corrected chi connectivity index (χ2v) is 6.87. The number of carbonyl (C=O) groups is 1. The molecule has 3 nitrogen and oxygen atoms in total. The lowest BCUT2D eigenvalue weighted by Gasteiger charge is -2.30. The number of hydrogen-bond donors (Lipinski definition) is 1. The van der Waals surface area contributed by atoms with Gasteiger partial charge >= 0.3 is 0 Å². The van der Waals surface area contributed by atoms with E-state index >= 15 is 0 Å². The Morgan fingerprint density at radius 2 is 2.37 bits per heavy atom. The molecule has 2 N–H and O–H groups in total. The van der Waals surface area contributed by atoms with Gasteiger partial charge in [0.15, 0.2) is 0 Å². The summed E-state index contributed by atoms with van der Waals surface area (Å²) in [4.78, 5) is 15.2. The van der Waals surface area contributed by atoms with Crippen molar-refractivity contribution in [3.8, 4) is 0 Å². The predicted octanol–water partition coefficient (Wildman–Crippen LogP) is 2.80. The molecule has 0 spiro atoms. The largest absolute Gasteiger partial charge is 0.340 e. The molecule has 5 heteroatoms. The number of piperidine rings is 1. The molecule has 19 heavy (non-hydrogen) atoms. The van der Waals surface area contributed by atoms with Gasteiger partial charge < -0.3 is 10.6 Å². The van der Waals surface area contributed by atoms with E-state index < -0.39 is 0 Å². The minimum absolute atomic E-state index is 0.150. The first-order valence-corrected chi connectivity index (χ1v) is 8.26. The van der Waals surface area contributed by atoms with Crippen LogP contribution in [0.25, 0.3) is 0 Å². The molecule has 0 aliphatic carbocycles. The van der Waals surface area contributed by atoms with E-state index in [1.54, 1.807) is 11.8 Å². The van der Waals surface area contributed by atoms with Crippen LogP contribution in [0, 0.1) is 6.92 Å². The van der Waals surface area contributed by atoms with E-state index in [9.17, 15) is 4.79 Å². The van der Waals surface area contributed by atoms with E-state index in [0.717, 1.165) is 28.8 Å². The van der Waals surface area contributed by atoms with Crippen molar-refractivity contribution in [3.05, 3.63) is 28.2 Å². The summed E-state index contributed by atoms with van der Waals surface area (Å²) in [6, 6.07) is 6.29. The van der Waals surface area contributed by atoms with Crippen molar-refractivity contribution in [2.75, 3.05) is 18.8 Å². The first-order chi connectivity index (χ1) is 9.06. The van der Waals surface area contributed by atoms with Crippen molar-refractivity contribution in [3.63, 3.8) is 0 Å². The fourth-order valence-corrected chi connectivity index (χ4v) is 3.63. The summed E-state index contributed by atoms with van der Waals surface area (Å²) in [5.41, 5.74) is 7.10. The molecule has 1 aromatic carbocycles. The second kappa shape index (κ2) is 6.77. The smallest absolute Gasteiger partial charge is 0.232 e. The van der Waals surface area contributed by atoms with E-state index in [-0.39, 0.29) is 11.9 Å². The van der Waals surface area contributed by atoms with Gasteiger partial charge in [-0.25, -0.2) is 0 Å². The number of amides is 1. The van der Waals surface area contributed by atoms with Gasteiger partial charge in [-0.15, -0.1) is 11.8 Å². The number of benzene rings is 1. The number of hydrogen-bond acceptors (Lipinski definition) is 3. The topological polar surface area (TPSA) is 46.3 Å². The molecule has 104 valence electrons. The Hall–Kier alpha value is -0.520. The highest BCUT2D eigenvalue weighted by Crippen LogP contribution is 2.25. The molecule has 0 radical (unpaired) electrons. The number of aryl methyl sites for hydroxylation is 1. The zero-order valence-electron chi connectivity index (χ0n) is 11.1. The third-order valence-corrected chi connectivity index (χ3v) is 4.95. The molecule has 1 aromatic rings.